The lowest BCUT2D eigenvalue weighted by Crippen LogP contribution is -2.07. The van der Waals surface area contributed by atoms with E-state index in [1.807, 2.05) is 18.2 Å². The maximum Gasteiger partial charge on any atom is 0.271 e. The highest BCUT2D eigenvalue weighted by molar-refractivity contribution is 7.80. The van der Waals surface area contributed by atoms with Gasteiger partial charge in [-0.05, 0) is 12.1 Å². The number of fused-ring (bicyclic) bond motifs is 1. The number of nitrogens with zero attached hydrogens (tertiary/aromatic N) is 2. The summed E-state index contributed by atoms with van der Waals surface area (Å²) in [6.45, 7) is 0.345. The Morgan fingerprint density at radius 2 is 2.00 bits per heavy atom. The fourth-order valence-electron chi connectivity index (χ4n) is 2.25. The summed E-state index contributed by atoms with van der Waals surface area (Å²) in [5.74, 6) is 0. The van der Waals surface area contributed by atoms with Crippen LogP contribution in [-0.2, 0) is 0 Å². The first kappa shape index (κ1) is 14.6. The highest BCUT2D eigenvalue weighted by atomic mass is 35.5. The van der Waals surface area contributed by atoms with Gasteiger partial charge in [0.1, 0.15) is 4.99 Å². The van der Waals surface area contributed by atoms with Crippen molar-refractivity contribution in [2.24, 2.45) is 4.99 Å². The number of nitro groups is 1. The molecule has 1 N–H and O–H groups in total. The van der Waals surface area contributed by atoms with Crippen molar-refractivity contribution in [3.63, 3.8) is 0 Å². The maximum absolute atomic E-state index is 10.9. The predicted octanol–water partition coefficient (Wildman–Crippen LogP) is 3.84. The Bertz CT molecular complexity index is 820. The molecule has 110 valence electrons. The van der Waals surface area contributed by atoms with Crippen molar-refractivity contribution in [2.75, 3.05) is 11.9 Å². The second kappa shape index (κ2) is 5.82. The molecule has 0 spiro atoms. The topological polar surface area (TPSA) is 67.5 Å². The van der Waals surface area contributed by atoms with Gasteiger partial charge in [0.2, 0.25) is 0 Å². The highest BCUT2D eigenvalue weighted by Crippen LogP contribution is 2.29. The summed E-state index contributed by atoms with van der Waals surface area (Å²) in [6.07, 6.45) is 0. The Morgan fingerprint density at radius 3 is 2.73 bits per heavy atom. The molecule has 3 rings (SSSR count). The lowest BCUT2D eigenvalue weighted by atomic mass is 10.00. The minimum Gasteiger partial charge on any atom is -0.378 e. The maximum atomic E-state index is 10.9. The van der Waals surface area contributed by atoms with Gasteiger partial charge in [0.25, 0.3) is 5.69 Å². The van der Waals surface area contributed by atoms with Crippen LogP contribution in [0.5, 0.6) is 0 Å². The molecule has 2 aromatic carbocycles. The average molecular weight is 332 g/mol. The lowest BCUT2D eigenvalue weighted by molar-refractivity contribution is -0.384. The van der Waals surface area contributed by atoms with Crippen LogP contribution in [0, 0.1) is 10.1 Å². The Labute approximate surface area is 136 Å². The van der Waals surface area contributed by atoms with Crippen LogP contribution in [0.15, 0.2) is 47.5 Å². The van der Waals surface area contributed by atoms with Crippen molar-refractivity contribution in [3.05, 3.63) is 68.7 Å². The summed E-state index contributed by atoms with van der Waals surface area (Å²) in [6, 6.07) is 11.9. The van der Waals surface area contributed by atoms with Gasteiger partial charge in [-0.1, -0.05) is 42.0 Å². The van der Waals surface area contributed by atoms with E-state index >= 15 is 0 Å². The van der Waals surface area contributed by atoms with E-state index in [0.29, 0.717) is 28.0 Å². The van der Waals surface area contributed by atoms with Crippen molar-refractivity contribution in [2.45, 2.75) is 0 Å². The molecular weight excluding hydrogens is 322 g/mol. The molecule has 0 saturated carbocycles. The lowest BCUT2D eigenvalue weighted by Gasteiger charge is -2.11. The molecule has 5 nitrogen and oxygen atoms in total. The first-order chi connectivity index (χ1) is 10.6. The van der Waals surface area contributed by atoms with Gasteiger partial charge in [0, 0.05) is 28.3 Å². The number of hydrogen-bond donors (Lipinski definition) is 1. The number of benzene rings is 2. The summed E-state index contributed by atoms with van der Waals surface area (Å²) in [5.41, 5.74) is 2.72. The van der Waals surface area contributed by atoms with Gasteiger partial charge in [-0.25, -0.2) is 4.99 Å². The van der Waals surface area contributed by atoms with Crippen LogP contribution in [0.1, 0.15) is 11.1 Å². The number of non-ortho nitro benzene ring substituents is 1. The highest BCUT2D eigenvalue weighted by Gasteiger charge is 2.20. The van der Waals surface area contributed by atoms with Gasteiger partial charge in [0.05, 0.1) is 22.9 Å². The van der Waals surface area contributed by atoms with Gasteiger partial charge in [-0.2, -0.15) is 0 Å². The van der Waals surface area contributed by atoms with Crippen LogP contribution in [0.3, 0.4) is 0 Å². The van der Waals surface area contributed by atoms with E-state index in [0.717, 1.165) is 11.1 Å². The van der Waals surface area contributed by atoms with Gasteiger partial charge < -0.3 is 5.32 Å². The summed E-state index contributed by atoms with van der Waals surface area (Å²) in [5, 5.41) is 14.6. The number of nitrogens with one attached hydrogen (secondary N) is 1. The normalized spacial score (nSPS) is 13.7. The molecule has 0 aliphatic carbocycles. The molecule has 1 aliphatic rings. The Kier molecular flexibility index (Phi) is 3.87. The molecule has 1 aliphatic heterocycles. The van der Waals surface area contributed by atoms with Crippen molar-refractivity contribution >= 4 is 45.9 Å². The standard InChI is InChI=1S/C15H10ClN3O2S/c16-12-4-2-1-3-10(12)15-11-6-5-9(19(20)21)7-13(11)17-8-14(22)18-15/h1-7,17H,8H2. The molecule has 0 radical (unpaired) electrons. The quantitative estimate of drug-likeness (QED) is 0.516. The third-order valence-electron chi connectivity index (χ3n) is 3.26. The predicted molar refractivity (Wildman–Crippen MR) is 91.3 cm³/mol. The third-order valence-corrected chi connectivity index (χ3v) is 3.83. The van der Waals surface area contributed by atoms with Gasteiger partial charge in [-0.3, -0.25) is 10.1 Å². The van der Waals surface area contributed by atoms with Crippen LogP contribution in [0.25, 0.3) is 0 Å². The molecule has 2 aromatic rings. The fourth-order valence-corrected chi connectivity index (χ4v) is 2.64. The molecule has 7 heteroatoms. The molecule has 0 aromatic heterocycles. The van der Waals surface area contributed by atoms with Gasteiger partial charge in [0.15, 0.2) is 0 Å². The first-order valence-corrected chi connectivity index (χ1v) is 7.24. The van der Waals surface area contributed by atoms with E-state index in [1.54, 1.807) is 12.1 Å². The zero-order chi connectivity index (χ0) is 15.7. The minimum atomic E-state index is -0.433. The van der Waals surface area contributed by atoms with E-state index in [2.05, 4.69) is 10.3 Å². The molecule has 0 atom stereocenters. The minimum absolute atomic E-state index is 0.0116. The number of halogens is 1. The van der Waals surface area contributed by atoms with Gasteiger partial charge >= 0.3 is 0 Å². The second-order valence-corrected chi connectivity index (χ2v) is 5.55. The molecule has 1 heterocycles. The van der Waals surface area contributed by atoms with Crippen molar-refractivity contribution in [1.82, 2.24) is 0 Å². The Morgan fingerprint density at radius 1 is 1.23 bits per heavy atom. The van der Waals surface area contributed by atoms with Crippen LogP contribution >= 0.6 is 23.8 Å². The molecule has 0 amide bonds. The van der Waals surface area contributed by atoms with Crippen LogP contribution in [0.4, 0.5) is 11.4 Å². The smallest absolute Gasteiger partial charge is 0.271 e. The molecule has 22 heavy (non-hydrogen) atoms. The first-order valence-electron chi connectivity index (χ1n) is 6.45. The fraction of sp³-hybridized carbons (Fsp3) is 0.0667. The zero-order valence-electron chi connectivity index (χ0n) is 11.2. The number of anilines is 1. The number of rotatable bonds is 2. The van der Waals surface area contributed by atoms with E-state index in [4.69, 9.17) is 23.8 Å². The summed E-state index contributed by atoms with van der Waals surface area (Å²) < 4.78 is 0. The van der Waals surface area contributed by atoms with E-state index < -0.39 is 4.92 Å². The number of hydrogen-bond acceptors (Lipinski definition) is 4. The monoisotopic (exact) mass is 331 g/mol. The largest absolute Gasteiger partial charge is 0.378 e. The SMILES string of the molecule is O=[N+]([O-])c1ccc2c(c1)NCC(=S)N=C2c1ccccc1Cl. The molecule has 0 saturated heterocycles. The zero-order valence-corrected chi connectivity index (χ0v) is 12.8. The molecule has 0 bridgehead atoms. The number of benzodiazepines with no additional fused rings is 1. The van der Waals surface area contributed by atoms with E-state index in [1.165, 1.54) is 12.1 Å². The van der Waals surface area contributed by atoms with Crippen molar-refractivity contribution < 1.29 is 4.92 Å². The molecular formula is C15H10ClN3O2S. The average Bonchev–Trinajstić information content (AvgIpc) is 2.67. The van der Waals surface area contributed by atoms with E-state index in [9.17, 15) is 10.1 Å². The van der Waals surface area contributed by atoms with Crippen LogP contribution in [-0.4, -0.2) is 22.2 Å². The molecule has 0 fully saturated rings. The Hall–Kier alpha value is -2.31. The number of aliphatic imine (C=N–C) groups is 1. The van der Waals surface area contributed by atoms with Crippen molar-refractivity contribution in [3.8, 4) is 0 Å². The van der Waals surface area contributed by atoms with Crippen LogP contribution in [0.2, 0.25) is 5.02 Å². The van der Waals surface area contributed by atoms with E-state index in [-0.39, 0.29) is 5.69 Å². The summed E-state index contributed by atoms with van der Waals surface area (Å²) >= 11 is 11.5. The summed E-state index contributed by atoms with van der Waals surface area (Å²) in [4.78, 5) is 15.4. The second-order valence-electron chi connectivity index (χ2n) is 4.67. The van der Waals surface area contributed by atoms with Crippen LogP contribution < -0.4 is 5.32 Å². The Balaban J connectivity index is 2.20. The van der Waals surface area contributed by atoms with Gasteiger partial charge in [-0.15, -0.1) is 0 Å². The third kappa shape index (κ3) is 2.70. The number of nitro benzene ring substituents is 1. The summed E-state index contributed by atoms with van der Waals surface area (Å²) in [7, 11) is 0. The number of thiocarbonyl (C=S) groups is 1. The molecule has 0 unspecified atom stereocenters. The van der Waals surface area contributed by atoms with Crippen molar-refractivity contribution in [1.29, 1.82) is 0 Å².